The van der Waals surface area contributed by atoms with Crippen molar-refractivity contribution in [3.8, 4) is 0 Å². The second-order valence-corrected chi connectivity index (χ2v) is 3.99. The third-order valence-electron chi connectivity index (χ3n) is 3.17. The summed E-state index contributed by atoms with van der Waals surface area (Å²) in [4.78, 5) is 11.7. The topological polar surface area (TPSA) is 72.8 Å². The summed E-state index contributed by atoms with van der Waals surface area (Å²) in [7, 11) is 1.31. The van der Waals surface area contributed by atoms with E-state index in [4.69, 9.17) is 9.94 Å². The average molecular weight is 238 g/mol. The molecule has 1 rings (SSSR count). The normalized spacial score (nSPS) is 10.3. The Kier molecular flexibility index (Phi) is 3.75. The lowest BCUT2D eigenvalue weighted by Gasteiger charge is -2.29. The molecule has 0 aliphatic heterocycles. The third-order valence-corrected chi connectivity index (χ3v) is 3.17. The molecule has 0 aliphatic rings. The number of anilines is 1. The van der Waals surface area contributed by atoms with E-state index in [1.165, 1.54) is 7.11 Å². The molecule has 1 aromatic carbocycles. The van der Waals surface area contributed by atoms with Crippen LogP contribution in [0, 0.1) is 32.9 Å². The summed E-state index contributed by atoms with van der Waals surface area (Å²) in [6.07, 6.45) is 0. The summed E-state index contributed by atoms with van der Waals surface area (Å²) in [5.41, 5.74) is 3.08. The van der Waals surface area contributed by atoms with Gasteiger partial charge in [-0.2, -0.15) is 0 Å². The van der Waals surface area contributed by atoms with Gasteiger partial charge in [0.1, 0.15) is 0 Å². The molecule has 0 spiro atoms. The molecule has 0 atom stereocenters. The quantitative estimate of drug-likeness (QED) is 0.632. The maximum absolute atomic E-state index is 11.7. The summed E-state index contributed by atoms with van der Waals surface area (Å²) >= 11 is 0. The van der Waals surface area contributed by atoms with Crippen LogP contribution in [0.15, 0.2) is 0 Å². The minimum absolute atomic E-state index is 0.161. The first-order valence-electron chi connectivity index (χ1n) is 5.17. The van der Waals surface area contributed by atoms with Crippen LogP contribution in [0.4, 0.5) is 5.69 Å². The standard InChI is InChI=1S/C12H16NO4/c1-6-8(3)11(13(15)16)9(4)7(2)10(6)12(14)17-5/h15H,1-5H3/q-1. The van der Waals surface area contributed by atoms with E-state index in [1.807, 2.05) is 0 Å². The summed E-state index contributed by atoms with van der Waals surface area (Å²) < 4.78 is 4.72. The molecule has 0 saturated heterocycles. The lowest BCUT2D eigenvalue weighted by Crippen LogP contribution is -2.16. The zero-order valence-corrected chi connectivity index (χ0v) is 10.6. The summed E-state index contributed by atoms with van der Waals surface area (Å²) in [6, 6.07) is 0. The molecule has 94 valence electrons. The fourth-order valence-corrected chi connectivity index (χ4v) is 1.99. The van der Waals surface area contributed by atoms with Gasteiger partial charge in [0.25, 0.3) is 0 Å². The highest BCUT2D eigenvalue weighted by molar-refractivity contribution is 5.94. The van der Waals surface area contributed by atoms with E-state index in [0.29, 0.717) is 27.8 Å². The van der Waals surface area contributed by atoms with Gasteiger partial charge in [-0.1, -0.05) is 0 Å². The van der Waals surface area contributed by atoms with Crippen LogP contribution in [0.5, 0.6) is 0 Å². The van der Waals surface area contributed by atoms with E-state index in [1.54, 1.807) is 27.7 Å². The van der Waals surface area contributed by atoms with Crippen molar-refractivity contribution in [2.75, 3.05) is 12.3 Å². The number of benzene rings is 1. The van der Waals surface area contributed by atoms with Crippen LogP contribution in [-0.2, 0) is 4.74 Å². The molecule has 0 aromatic heterocycles. The molecule has 0 fully saturated rings. The lowest BCUT2D eigenvalue weighted by atomic mass is 9.92. The van der Waals surface area contributed by atoms with E-state index >= 15 is 0 Å². The van der Waals surface area contributed by atoms with Gasteiger partial charge in [0.05, 0.1) is 18.4 Å². The Morgan fingerprint density at radius 2 is 1.53 bits per heavy atom. The maximum atomic E-state index is 11.7. The Balaban J connectivity index is 3.64. The van der Waals surface area contributed by atoms with Crippen LogP contribution < -0.4 is 5.23 Å². The van der Waals surface area contributed by atoms with Crippen LogP contribution in [0.25, 0.3) is 0 Å². The van der Waals surface area contributed by atoms with E-state index in [-0.39, 0.29) is 10.9 Å². The van der Waals surface area contributed by atoms with Crippen molar-refractivity contribution in [3.63, 3.8) is 0 Å². The van der Waals surface area contributed by atoms with E-state index < -0.39 is 5.97 Å². The number of esters is 1. The number of nitrogens with zero attached hydrogens (tertiary/aromatic N) is 1. The molecule has 0 aliphatic carbocycles. The van der Waals surface area contributed by atoms with Gasteiger partial charge in [-0.25, -0.2) is 4.79 Å². The molecule has 0 radical (unpaired) electrons. The van der Waals surface area contributed by atoms with Crippen LogP contribution in [0.3, 0.4) is 0 Å². The molecule has 0 bridgehead atoms. The predicted octanol–water partition coefficient (Wildman–Crippen LogP) is 2.40. The smallest absolute Gasteiger partial charge is 0.338 e. The van der Waals surface area contributed by atoms with Gasteiger partial charge in [-0.05, 0) is 49.9 Å². The van der Waals surface area contributed by atoms with Crippen LogP contribution in [-0.4, -0.2) is 18.3 Å². The Hall–Kier alpha value is -1.59. The molecular weight excluding hydrogens is 222 g/mol. The van der Waals surface area contributed by atoms with Crippen molar-refractivity contribution < 1.29 is 14.7 Å². The molecule has 0 amide bonds. The van der Waals surface area contributed by atoms with Gasteiger partial charge in [0.15, 0.2) is 0 Å². The molecular formula is C12H16NO4-. The van der Waals surface area contributed by atoms with Crippen LogP contribution in [0.1, 0.15) is 32.6 Å². The second-order valence-electron chi connectivity index (χ2n) is 3.99. The molecule has 0 heterocycles. The third kappa shape index (κ3) is 2.11. The number of carbonyl (C=O) groups is 1. The predicted molar refractivity (Wildman–Crippen MR) is 64.4 cm³/mol. The van der Waals surface area contributed by atoms with Gasteiger partial charge in [-0.3, -0.25) is 5.21 Å². The molecule has 5 heteroatoms. The summed E-state index contributed by atoms with van der Waals surface area (Å²) in [5.74, 6) is -0.437. The van der Waals surface area contributed by atoms with E-state index in [2.05, 4.69) is 0 Å². The van der Waals surface area contributed by atoms with Crippen molar-refractivity contribution in [2.45, 2.75) is 27.7 Å². The number of ether oxygens (including phenoxy) is 1. The minimum atomic E-state index is -0.437. The van der Waals surface area contributed by atoms with Gasteiger partial charge < -0.3 is 15.2 Å². The highest BCUT2D eigenvalue weighted by Gasteiger charge is 2.20. The molecule has 17 heavy (non-hydrogen) atoms. The first kappa shape index (κ1) is 13.5. The second kappa shape index (κ2) is 4.73. The maximum Gasteiger partial charge on any atom is 0.338 e. The Bertz CT molecular complexity index is 437. The first-order chi connectivity index (χ1) is 7.82. The molecule has 1 aromatic rings. The van der Waals surface area contributed by atoms with Crippen molar-refractivity contribution in [1.82, 2.24) is 0 Å². The van der Waals surface area contributed by atoms with Gasteiger partial charge in [0.2, 0.25) is 0 Å². The SMILES string of the molecule is COC(=O)c1c(C)c(C)c(N([O-])O)c(C)c1C. The van der Waals surface area contributed by atoms with Gasteiger partial charge in [-0.15, -0.1) is 0 Å². The Morgan fingerprint density at radius 1 is 1.12 bits per heavy atom. The zero-order chi connectivity index (χ0) is 13.3. The van der Waals surface area contributed by atoms with Gasteiger partial charge in [0, 0.05) is 0 Å². The molecule has 0 saturated carbocycles. The molecule has 5 nitrogen and oxygen atoms in total. The number of hydrogen-bond acceptors (Lipinski definition) is 5. The highest BCUT2D eigenvalue weighted by atomic mass is 16.8. The largest absolute Gasteiger partial charge is 0.733 e. The number of carbonyl (C=O) groups excluding carboxylic acids is 1. The zero-order valence-electron chi connectivity index (χ0n) is 10.6. The van der Waals surface area contributed by atoms with Crippen molar-refractivity contribution in [3.05, 3.63) is 33.0 Å². The van der Waals surface area contributed by atoms with Crippen molar-refractivity contribution in [1.29, 1.82) is 0 Å². The highest BCUT2D eigenvalue weighted by Crippen LogP contribution is 2.32. The van der Waals surface area contributed by atoms with E-state index in [9.17, 15) is 10.0 Å². The van der Waals surface area contributed by atoms with E-state index in [0.717, 1.165) is 0 Å². The fourth-order valence-electron chi connectivity index (χ4n) is 1.99. The first-order valence-corrected chi connectivity index (χ1v) is 5.17. The summed E-state index contributed by atoms with van der Waals surface area (Å²) in [5, 5.41) is 20.0. The molecule has 1 N–H and O–H groups in total. The summed E-state index contributed by atoms with van der Waals surface area (Å²) in [6.45, 7) is 6.82. The van der Waals surface area contributed by atoms with Crippen LogP contribution in [0.2, 0.25) is 0 Å². The van der Waals surface area contributed by atoms with Gasteiger partial charge >= 0.3 is 5.97 Å². The number of hydrogen-bond donors (Lipinski definition) is 1. The van der Waals surface area contributed by atoms with Crippen molar-refractivity contribution in [2.24, 2.45) is 0 Å². The van der Waals surface area contributed by atoms with Crippen LogP contribution >= 0.6 is 0 Å². The Labute approximate surface area is 100 Å². The fraction of sp³-hybridized carbons (Fsp3) is 0.417. The Morgan fingerprint density at radius 3 is 1.82 bits per heavy atom. The number of methoxy groups -OCH3 is 1. The monoisotopic (exact) mass is 238 g/mol. The lowest BCUT2D eigenvalue weighted by molar-refractivity contribution is 0.0599. The molecule has 0 unspecified atom stereocenters. The number of rotatable bonds is 2. The minimum Gasteiger partial charge on any atom is -0.733 e. The van der Waals surface area contributed by atoms with Crippen molar-refractivity contribution >= 4 is 11.7 Å². The average Bonchev–Trinajstić information content (AvgIpc) is 2.26.